The summed E-state index contributed by atoms with van der Waals surface area (Å²) in [6, 6.07) is 23.5. The Morgan fingerprint density at radius 2 is 1.67 bits per heavy atom. The third-order valence-electron chi connectivity index (χ3n) is 9.00. The fourth-order valence-electron chi connectivity index (χ4n) is 6.42. The van der Waals surface area contributed by atoms with E-state index in [0.29, 0.717) is 28.5 Å². The van der Waals surface area contributed by atoms with Gasteiger partial charge in [0.15, 0.2) is 5.82 Å². The van der Waals surface area contributed by atoms with Crippen molar-refractivity contribution in [2.45, 2.75) is 31.6 Å². The molecule has 0 bridgehead atoms. The summed E-state index contributed by atoms with van der Waals surface area (Å²) < 4.78 is 8.97. The largest absolute Gasteiger partial charge is 0.477 e. The molecule has 16 heteroatoms. The molecule has 7 rings (SSSR count). The number of carboxylic acid groups (broad SMARTS) is 1. The number of thioether (sulfide) groups is 1. The van der Waals surface area contributed by atoms with Crippen LogP contribution < -0.4 is 20.4 Å². The molecule has 2 saturated heterocycles. The lowest BCUT2D eigenvalue weighted by atomic mass is 10.0. The van der Waals surface area contributed by atoms with Crippen molar-refractivity contribution < 1.29 is 24.2 Å². The van der Waals surface area contributed by atoms with E-state index in [-0.39, 0.29) is 24.9 Å². The van der Waals surface area contributed by atoms with Gasteiger partial charge in [-0.05, 0) is 48.6 Å². The number of para-hydroxylation sites is 2. The Morgan fingerprint density at radius 3 is 2.31 bits per heavy atom. The second-order valence-electron chi connectivity index (χ2n) is 12.2. The number of benzene rings is 2. The molecule has 3 N–H and O–H groups in total. The van der Waals surface area contributed by atoms with Crippen molar-refractivity contribution in [2.75, 3.05) is 53.7 Å². The molecule has 0 aliphatic carbocycles. The number of hydrogen-bond acceptors (Lipinski definition) is 12. The minimum atomic E-state index is -1.23. The van der Waals surface area contributed by atoms with Gasteiger partial charge in [-0.15, -0.1) is 11.8 Å². The van der Waals surface area contributed by atoms with Gasteiger partial charge in [0.1, 0.15) is 29.5 Å². The minimum absolute atomic E-state index is 0.130. The van der Waals surface area contributed by atoms with Gasteiger partial charge >= 0.3 is 11.9 Å². The predicted octanol–water partition coefficient (Wildman–Crippen LogP) is 3.47. The van der Waals surface area contributed by atoms with E-state index in [4.69, 9.17) is 27.0 Å². The lowest BCUT2D eigenvalue weighted by Crippen LogP contribution is -2.70. The molecule has 0 spiro atoms. The first-order chi connectivity index (χ1) is 24.8. The summed E-state index contributed by atoms with van der Waals surface area (Å²) in [5.74, 6) is -0.220. The number of carboxylic acids is 1. The molecule has 51 heavy (non-hydrogen) atoms. The molecule has 2 aromatic carbocycles. The van der Waals surface area contributed by atoms with Crippen LogP contribution in [0.1, 0.15) is 12.7 Å². The molecular weight excluding hydrogens is 691 g/mol. The van der Waals surface area contributed by atoms with Gasteiger partial charge in [-0.3, -0.25) is 24.4 Å². The number of aliphatic carboxylic acids is 1. The third kappa shape index (κ3) is 7.20. The van der Waals surface area contributed by atoms with Gasteiger partial charge in [-0.2, -0.15) is 5.10 Å². The van der Waals surface area contributed by atoms with Crippen LogP contribution in [-0.4, -0.2) is 97.1 Å². The number of nitrogens with zero attached hydrogens (tertiary/aromatic N) is 7. The molecule has 0 radical (unpaired) electrons. The zero-order valence-electron chi connectivity index (χ0n) is 27.8. The minimum Gasteiger partial charge on any atom is -0.477 e. The van der Waals surface area contributed by atoms with E-state index in [9.17, 15) is 19.5 Å². The van der Waals surface area contributed by atoms with E-state index in [2.05, 4.69) is 44.7 Å². The highest BCUT2D eigenvalue weighted by atomic mass is 32.2. The highest BCUT2D eigenvalue weighted by Crippen LogP contribution is 2.40. The fraction of sp³-hybridized carbons (Fsp3) is 0.314. The monoisotopic (exact) mass is 727 g/mol. The highest BCUT2D eigenvalue weighted by molar-refractivity contribution is 8.00. The zero-order chi connectivity index (χ0) is 35.5. The molecule has 3 aliphatic rings. The van der Waals surface area contributed by atoms with Crippen LogP contribution in [-0.2, 0) is 32.3 Å². The average Bonchev–Trinajstić information content (AvgIpc) is 3.47. The SMILES string of the molecule is CC(=O)OCC1=C(C(=O)O)N2C(=O)C(NCn3nc(CNc4ccc(N5CCN(c6ccccc6)CC5)nc4)n(-c4ccccc4)c3=S)C2SC1. The van der Waals surface area contributed by atoms with Crippen LogP contribution in [0.4, 0.5) is 17.2 Å². The number of esters is 1. The fourth-order valence-corrected chi connectivity index (χ4v) is 8.09. The van der Waals surface area contributed by atoms with Crippen molar-refractivity contribution in [2.24, 2.45) is 0 Å². The Labute approximate surface area is 303 Å². The number of anilines is 3. The van der Waals surface area contributed by atoms with E-state index in [0.717, 1.165) is 43.4 Å². The molecule has 14 nitrogen and oxygen atoms in total. The smallest absolute Gasteiger partial charge is 0.352 e. The molecule has 2 aromatic heterocycles. The molecule has 3 aliphatic heterocycles. The van der Waals surface area contributed by atoms with Crippen molar-refractivity contribution in [3.8, 4) is 5.69 Å². The summed E-state index contributed by atoms with van der Waals surface area (Å²) in [6.45, 7) is 5.20. The summed E-state index contributed by atoms with van der Waals surface area (Å²) in [5.41, 5.74) is 3.18. The highest BCUT2D eigenvalue weighted by Gasteiger charge is 2.53. The quantitative estimate of drug-likeness (QED) is 0.111. The molecular formula is C35H37N9O5S2. The van der Waals surface area contributed by atoms with Crippen molar-refractivity contribution >= 4 is 59.0 Å². The van der Waals surface area contributed by atoms with Gasteiger partial charge in [0.25, 0.3) is 0 Å². The summed E-state index contributed by atoms with van der Waals surface area (Å²) in [5, 5.41) is 20.9. The second kappa shape index (κ2) is 15.0. The first-order valence-corrected chi connectivity index (χ1v) is 18.0. The van der Waals surface area contributed by atoms with Crippen LogP contribution in [0.5, 0.6) is 0 Å². The van der Waals surface area contributed by atoms with Gasteiger partial charge in [-0.25, -0.2) is 14.5 Å². The summed E-state index contributed by atoms with van der Waals surface area (Å²) in [7, 11) is 0. The maximum absolute atomic E-state index is 13.2. The number of ether oxygens (including phenoxy) is 1. The van der Waals surface area contributed by atoms with Crippen molar-refractivity contribution in [1.29, 1.82) is 0 Å². The predicted molar refractivity (Wildman–Crippen MR) is 196 cm³/mol. The Hall–Kier alpha value is -5.19. The number of β-lactam (4-membered cyclic amide) rings is 1. The van der Waals surface area contributed by atoms with Crippen molar-refractivity contribution in [1.82, 2.24) is 29.5 Å². The number of rotatable bonds is 12. The Bertz CT molecular complexity index is 2000. The maximum atomic E-state index is 13.2. The number of nitrogens with one attached hydrogen (secondary N) is 2. The van der Waals surface area contributed by atoms with E-state index >= 15 is 0 Å². The normalized spacial score (nSPS) is 18.7. The maximum Gasteiger partial charge on any atom is 0.352 e. The molecule has 5 heterocycles. The summed E-state index contributed by atoms with van der Waals surface area (Å²) >= 11 is 7.28. The molecule has 2 unspecified atom stereocenters. The summed E-state index contributed by atoms with van der Waals surface area (Å²) in [6.07, 6.45) is 1.83. The lowest BCUT2D eigenvalue weighted by molar-refractivity contribution is -0.149. The number of pyridine rings is 1. The first-order valence-electron chi connectivity index (χ1n) is 16.5. The van der Waals surface area contributed by atoms with Crippen molar-refractivity contribution in [3.63, 3.8) is 0 Å². The van der Waals surface area contributed by atoms with Crippen LogP contribution in [0.25, 0.3) is 5.69 Å². The number of aromatic nitrogens is 4. The average molecular weight is 728 g/mol. The van der Waals surface area contributed by atoms with E-state index < -0.39 is 23.4 Å². The van der Waals surface area contributed by atoms with Crippen LogP contribution in [0.15, 0.2) is 90.3 Å². The Balaban J connectivity index is 1.01. The lowest BCUT2D eigenvalue weighted by Gasteiger charge is -2.49. The van der Waals surface area contributed by atoms with Gasteiger partial charge in [0, 0.05) is 55.8 Å². The van der Waals surface area contributed by atoms with Gasteiger partial charge < -0.3 is 25.0 Å². The van der Waals surface area contributed by atoms with E-state index in [1.54, 1.807) is 4.68 Å². The van der Waals surface area contributed by atoms with Crippen LogP contribution >= 0.6 is 24.0 Å². The van der Waals surface area contributed by atoms with E-state index in [1.807, 2.05) is 59.3 Å². The van der Waals surface area contributed by atoms with Gasteiger partial charge in [0.05, 0.1) is 25.1 Å². The van der Waals surface area contributed by atoms with Gasteiger partial charge in [0.2, 0.25) is 10.7 Å². The number of hydrogen-bond donors (Lipinski definition) is 3. The standard InChI is InChI=1S/C35H37N9O5S2/c1-23(45)49-20-24-21-51-33-30(32(46)44(33)31(24)34(47)48)38-22-42-35(50)43(27-10-6-3-7-11-27)29(39-42)19-36-25-12-13-28(37-18-25)41-16-14-40(15-17-41)26-8-4-2-5-9-26/h2-13,18,30,33,36,38H,14-17,19-22H2,1H3,(H,47,48). The molecule has 2 atom stereocenters. The molecule has 4 aromatic rings. The van der Waals surface area contributed by atoms with E-state index in [1.165, 1.54) is 29.3 Å². The van der Waals surface area contributed by atoms with Crippen LogP contribution in [0.3, 0.4) is 0 Å². The number of fused-ring (bicyclic) bond motifs is 1. The number of carbonyl (C=O) groups excluding carboxylic acids is 2. The summed E-state index contributed by atoms with van der Waals surface area (Å²) in [4.78, 5) is 47.3. The number of amides is 1. The van der Waals surface area contributed by atoms with Crippen LogP contribution in [0.2, 0.25) is 0 Å². The molecule has 1 amide bonds. The molecule has 2 fully saturated rings. The molecule has 0 saturated carbocycles. The Morgan fingerprint density at radius 1 is 0.980 bits per heavy atom. The number of piperazine rings is 1. The Kier molecular flexibility index (Phi) is 10.1. The topological polar surface area (TPSA) is 150 Å². The third-order valence-corrected chi connectivity index (χ3v) is 10.7. The molecule has 264 valence electrons. The van der Waals surface area contributed by atoms with Gasteiger partial charge in [-0.1, -0.05) is 36.4 Å². The van der Waals surface area contributed by atoms with Crippen molar-refractivity contribution in [3.05, 3.63) is 101 Å². The second-order valence-corrected chi connectivity index (χ2v) is 13.7. The van der Waals surface area contributed by atoms with Crippen LogP contribution in [0, 0.1) is 4.77 Å². The number of carbonyl (C=O) groups is 3. The first kappa shape index (κ1) is 34.3. The zero-order valence-corrected chi connectivity index (χ0v) is 29.5.